The van der Waals surface area contributed by atoms with Crippen molar-refractivity contribution in [1.29, 1.82) is 0 Å². The van der Waals surface area contributed by atoms with Crippen LogP contribution in [0.3, 0.4) is 0 Å². The highest BCUT2D eigenvalue weighted by Crippen LogP contribution is 2.33. The van der Waals surface area contributed by atoms with Crippen LogP contribution in [0.25, 0.3) is 17.1 Å². The molecule has 0 aliphatic carbocycles. The van der Waals surface area contributed by atoms with Crippen molar-refractivity contribution in [2.24, 2.45) is 0 Å². The van der Waals surface area contributed by atoms with Gasteiger partial charge < -0.3 is 4.42 Å². The second-order valence-corrected chi connectivity index (χ2v) is 6.83. The summed E-state index contributed by atoms with van der Waals surface area (Å²) >= 11 is 6.62. The van der Waals surface area contributed by atoms with Crippen LogP contribution in [0.1, 0.15) is 11.3 Å². The van der Waals surface area contributed by atoms with Crippen LogP contribution in [-0.2, 0) is 11.3 Å². The zero-order valence-corrected chi connectivity index (χ0v) is 14.0. The van der Waals surface area contributed by atoms with Crippen LogP contribution in [-0.4, -0.2) is 25.1 Å². The normalized spacial score (nSPS) is 16.5. The number of furan rings is 1. The molecule has 1 saturated heterocycles. The zero-order chi connectivity index (χ0) is 16.5. The highest BCUT2D eigenvalue weighted by atomic mass is 32.2. The smallest absolute Gasteiger partial charge is 0.266 e. The fraction of sp³-hybridized carbons (Fsp3) is 0.0588. The molecule has 0 unspecified atom stereocenters. The van der Waals surface area contributed by atoms with Crippen molar-refractivity contribution in [2.45, 2.75) is 6.54 Å². The van der Waals surface area contributed by atoms with Crippen LogP contribution in [0.4, 0.5) is 0 Å². The predicted molar refractivity (Wildman–Crippen MR) is 97.0 cm³/mol. The lowest BCUT2D eigenvalue weighted by Gasteiger charge is -2.11. The summed E-state index contributed by atoms with van der Waals surface area (Å²) in [6, 6.07) is 9.32. The lowest BCUT2D eigenvalue weighted by molar-refractivity contribution is -0.122. The van der Waals surface area contributed by atoms with Crippen LogP contribution in [0.15, 0.2) is 58.3 Å². The number of hydrogen-bond donors (Lipinski definition) is 0. The van der Waals surface area contributed by atoms with E-state index in [1.165, 1.54) is 11.8 Å². The number of rotatable bonds is 3. The van der Waals surface area contributed by atoms with Gasteiger partial charge in [0.15, 0.2) is 0 Å². The third-order valence-corrected chi connectivity index (χ3v) is 4.94. The Morgan fingerprint density at radius 1 is 1.21 bits per heavy atom. The van der Waals surface area contributed by atoms with Crippen molar-refractivity contribution in [2.75, 3.05) is 0 Å². The van der Waals surface area contributed by atoms with E-state index < -0.39 is 0 Å². The molecule has 1 aromatic carbocycles. The molecule has 4 rings (SSSR count). The molecule has 0 atom stereocenters. The number of aromatic nitrogens is 2. The summed E-state index contributed by atoms with van der Waals surface area (Å²) in [6.45, 7) is 0.345. The van der Waals surface area contributed by atoms with Gasteiger partial charge in [-0.15, -0.1) is 0 Å². The molecule has 0 saturated carbocycles. The SMILES string of the molecule is O=C1/C(=C\c2ccc3nccnc3c2)SC(=S)N1Cc1ccco1. The molecule has 24 heavy (non-hydrogen) atoms. The van der Waals surface area contributed by atoms with Crippen molar-refractivity contribution in [3.63, 3.8) is 0 Å². The van der Waals surface area contributed by atoms with Crippen LogP contribution >= 0.6 is 24.0 Å². The van der Waals surface area contributed by atoms with Crippen LogP contribution < -0.4 is 0 Å². The minimum absolute atomic E-state index is 0.111. The number of benzene rings is 1. The molecule has 1 aliphatic rings. The number of carbonyl (C=O) groups is 1. The van der Waals surface area contributed by atoms with E-state index in [0.29, 0.717) is 21.5 Å². The average Bonchev–Trinajstić information content (AvgIpc) is 3.19. The molecule has 2 aromatic heterocycles. The quantitative estimate of drug-likeness (QED) is 0.529. The Labute approximate surface area is 147 Å². The van der Waals surface area contributed by atoms with E-state index in [4.69, 9.17) is 16.6 Å². The van der Waals surface area contributed by atoms with Crippen LogP contribution in [0, 0.1) is 0 Å². The molecule has 0 N–H and O–H groups in total. The molecule has 3 heterocycles. The fourth-order valence-electron chi connectivity index (χ4n) is 2.42. The summed E-state index contributed by atoms with van der Waals surface area (Å²) < 4.78 is 5.83. The summed E-state index contributed by atoms with van der Waals surface area (Å²) in [5, 5.41) is 0. The van der Waals surface area contributed by atoms with Gasteiger partial charge in [-0.1, -0.05) is 30.0 Å². The van der Waals surface area contributed by atoms with Gasteiger partial charge in [-0.05, 0) is 35.9 Å². The van der Waals surface area contributed by atoms with E-state index in [0.717, 1.165) is 16.6 Å². The van der Waals surface area contributed by atoms with Crippen molar-refractivity contribution in [3.05, 3.63) is 65.2 Å². The Hall–Kier alpha value is -2.51. The Morgan fingerprint density at radius 3 is 2.83 bits per heavy atom. The summed E-state index contributed by atoms with van der Waals surface area (Å²) in [7, 11) is 0. The third-order valence-electron chi connectivity index (χ3n) is 3.56. The molecular weight excluding hydrogens is 342 g/mol. The van der Waals surface area contributed by atoms with Crippen LogP contribution in [0.2, 0.25) is 0 Å². The maximum atomic E-state index is 12.6. The number of amides is 1. The summed E-state index contributed by atoms with van der Waals surface area (Å²) in [4.78, 5) is 23.3. The van der Waals surface area contributed by atoms with E-state index in [-0.39, 0.29) is 5.91 Å². The Bertz CT molecular complexity index is 967. The predicted octanol–water partition coefficient (Wildman–Crippen LogP) is 3.62. The third kappa shape index (κ3) is 2.83. The van der Waals surface area contributed by atoms with Gasteiger partial charge in [0.05, 0.1) is 28.7 Å². The second kappa shape index (κ2) is 6.18. The molecule has 1 amide bonds. The lowest BCUT2D eigenvalue weighted by Crippen LogP contribution is -2.27. The number of fused-ring (bicyclic) bond motifs is 1. The molecule has 0 radical (unpaired) electrons. The molecule has 1 aliphatic heterocycles. The number of thiocarbonyl (C=S) groups is 1. The lowest BCUT2D eigenvalue weighted by atomic mass is 10.1. The monoisotopic (exact) mass is 353 g/mol. The van der Waals surface area contributed by atoms with Crippen molar-refractivity contribution >= 4 is 51.3 Å². The van der Waals surface area contributed by atoms with Crippen LogP contribution in [0.5, 0.6) is 0 Å². The minimum atomic E-state index is -0.111. The van der Waals surface area contributed by atoms with Gasteiger partial charge in [0.2, 0.25) is 0 Å². The fourth-order valence-corrected chi connectivity index (χ4v) is 3.67. The molecule has 5 nitrogen and oxygen atoms in total. The van der Waals surface area contributed by atoms with E-state index >= 15 is 0 Å². The van der Waals surface area contributed by atoms with Gasteiger partial charge >= 0.3 is 0 Å². The minimum Gasteiger partial charge on any atom is -0.467 e. The molecule has 118 valence electrons. The van der Waals surface area contributed by atoms with Crippen molar-refractivity contribution < 1.29 is 9.21 Å². The van der Waals surface area contributed by atoms with E-state index in [1.807, 2.05) is 30.3 Å². The first-order valence-corrected chi connectivity index (χ1v) is 8.42. The molecule has 7 heteroatoms. The topological polar surface area (TPSA) is 59.2 Å². The number of carbonyl (C=O) groups excluding carboxylic acids is 1. The maximum absolute atomic E-state index is 12.6. The van der Waals surface area contributed by atoms with Gasteiger partial charge in [-0.25, -0.2) is 0 Å². The number of hydrogen-bond acceptors (Lipinski definition) is 6. The van der Waals surface area contributed by atoms with E-state index in [9.17, 15) is 4.79 Å². The van der Waals surface area contributed by atoms with Crippen molar-refractivity contribution in [3.8, 4) is 0 Å². The second-order valence-electron chi connectivity index (χ2n) is 5.15. The van der Waals surface area contributed by atoms with Gasteiger partial charge in [0, 0.05) is 12.4 Å². The summed E-state index contributed by atoms with van der Waals surface area (Å²) in [5.74, 6) is 0.592. The molecule has 0 spiro atoms. The maximum Gasteiger partial charge on any atom is 0.266 e. The first-order valence-electron chi connectivity index (χ1n) is 7.19. The Balaban J connectivity index is 1.62. The summed E-state index contributed by atoms with van der Waals surface area (Å²) in [5.41, 5.74) is 2.50. The number of thioether (sulfide) groups is 1. The molecular formula is C17H11N3O2S2. The molecule has 3 aromatic rings. The van der Waals surface area contributed by atoms with E-state index in [2.05, 4.69) is 9.97 Å². The Morgan fingerprint density at radius 2 is 2.04 bits per heavy atom. The number of nitrogens with zero attached hydrogens (tertiary/aromatic N) is 3. The summed E-state index contributed by atoms with van der Waals surface area (Å²) in [6.07, 6.45) is 6.71. The van der Waals surface area contributed by atoms with Gasteiger partial charge in [-0.2, -0.15) is 0 Å². The van der Waals surface area contributed by atoms with Gasteiger partial charge in [-0.3, -0.25) is 19.7 Å². The molecule has 1 fully saturated rings. The highest BCUT2D eigenvalue weighted by Gasteiger charge is 2.32. The standard InChI is InChI=1S/C17H11N3O2S2/c21-16-15(24-17(23)20(16)10-12-2-1-7-22-12)9-11-3-4-13-14(8-11)19-6-5-18-13/h1-9H,10H2/b15-9+. The van der Waals surface area contributed by atoms with Gasteiger partial charge in [0.25, 0.3) is 5.91 Å². The zero-order valence-electron chi connectivity index (χ0n) is 12.4. The van der Waals surface area contributed by atoms with Gasteiger partial charge in [0.1, 0.15) is 10.1 Å². The Kier molecular flexibility index (Phi) is 3.87. The highest BCUT2D eigenvalue weighted by molar-refractivity contribution is 8.26. The first-order chi connectivity index (χ1) is 11.7. The van der Waals surface area contributed by atoms with E-state index in [1.54, 1.807) is 29.6 Å². The largest absolute Gasteiger partial charge is 0.467 e. The first kappa shape index (κ1) is 15.0. The average molecular weight is 353 g/mol. The van der Waals surface area contributed by atoms with Crippen molar-refractivity contribution in [1.82, 2.24) is 14.9 Å². The molecule has 0 bridgehead atoms.